The van der Waals surface area contributed by atoms with Crippen molar-refractivity contribution in [2.24, 2.45) is 0 Å². The van der Waals surface area contributed by atoms with E-state index in [1.807, 2.05) is 18.2 Å². The van der Waals surface area contributed by atoms with E-state index < -0.39 is 5.79 Å². The smallest absolute Gasteiger partial charge is 0.270 e. The van der Waals surface area contributed by atoms with Crippen molar-refractivity contribution in [1.82, 2.24) is 15.3 Å². The Morgan fingerprint density at radius 2 is 1.86 bits per heavy atom. The SMILES string of the molecule is N#Cc1c[nH]c2c(N3CCC(NC(=O)c4ccc(N5CCC6(CC5)OCCO6)cn4)CC3)ccc(Cl)c12. The molecule has 3 fully saturated rings. The summed E-state index contributed by atoms with van der Waals surface area (Å²) in [4.78, 5) is 25.1. The highest BCUT2D eigenvalue weighted by Crippen LogP contribution is 2.35. The number of rotatable bonds is 4. The molecule has 6 rings (SSSR count). The molecule has 10 heteroatoms. The highest BCUT2D eigenvalue weighted by Gasteiger charge is 2.39. The van der Waals surface area contributed by atoms with Gasteiger partial charge in [0.1, 0.15) is 11.8 Å². The minimum atomic E-state index is -0.403. The Morgan fingerprint density at radius 1 is 1.11 bits per heavy atom. The predicted molar refractivity (Wildman–Crippen MR) is 141 cm³/mol. The van der Waals surface area contributed by atoms with Crippen molar-refractivity contribution in [2.75, 3.05) is 49.2 Å². The van der Waals surface area contributed by atoms with E-state index in [4.69, 9.17) is 21.1 Å². The van der Waals surface area contributed by atoms with Crippen LogP contribution < -0.4 is 15.1 Å². The van der Waals surface area contributed by atoms with Gasteiger partial charge in [-0.1, -0.05) is 11.6 Å². The summed E-state index contributed by atoms with van der Waals surface area (Å²) in [6, 6.07) is 9.88. The number of aromatic nitrogens is 2. The van der Waals surface area contributed by atoms with Crippen LogP contribution in [0.1, 0.15) is 41.7 Å². The van der Waals surface area contributed by atoms with E-state index in [-0.39, 0.29) is 11.9 Å². The Hall–Kier alpha value is -3.32. The zero-order valence-corrected chi connectivity index (χ0v) is 21.3. The van der Waals surface area contributed by atoms with Gasteiger partial charge in [0.25, 0.3) is 5.91 Å². The van der Waals surface area contributed by atoms with E-state index in [0.29, 0.717) is 29.5 Å². The molecule has 2 N–H and O–H groups in total. The lowest BCUT2D eigenvalue weighted by atomic mass is 10.0. The van der Waals surface area contributed by atoms with Gasteiger partial charge in [-0.25, -0.2) is 4.98 Å². The molecule has 3 saturated heterocycles. The number of carbonyl (C=O) groups is 1. The maximum atomic E-state index is 12.9. The molecule has 0 aliphatic carbocycles. The maximum Gasteiger partial charge on any atom is 0.270 e. The average molecular weight is 521 g/mol. The first kappa shape index (κ1) is 24.0. The van der Waals surface area contributed by atoms with Crippen LogP contribution in [0.4, 0.5) is 11.4 Å². The van der Waals surface area contributed by atoms with Gasteiger partial charge in [0, 0.05) is 56.6 Å². The van der Waals surface area contributed by atoms with E-state index in [2.05, 4.69) is 31.2 Å². The normalized spacial score (nSPS) is 19.9. The number of nitriles is 1. The van der Waals surface area contributed by atoms with Crippen LogP contribution in [0.15, 0.2) is 36.7 Å². The molecule has 9 nitrogen and oxygen atoms in total. The molecule has 0 radical (unpaired) electrons. The number of H-pyrrole nitrogens is 1. The number of fused-ring (bicyclic) bond motifs is 1. The summed E-state index contributed by atoms with van der Waals surface area (Å²) >= 11 is 6.36. The molecule has 0 atom stereocenters. The number of halogens is 1. The van der Waals surface area contributed by atoms with Crippen LogP contribution in [0.3, 0.4) is 0 Å². The number of nitrogens with zero attached hydrogens (tertiary/aromatic N) is 4. The highest BCUT2D eigenvalue weighted by atomic mass is 35.5. The van der Waals surface area contributed by atoms with Gasteiger partial charge in [-0.3, -0.25) is 4.79 Å². The number of amides is 1. The standard InChI is InChI=1S/C27H29ClN6O3/c28-21-2-4-23(25-24(21)18(15-29)16-31-25)34-9-5-19(6-10-34)32-26(35)22-3-1-20(17-30-22)33-11-7-27(8-12-33)36-13-14-37-27/h1-4,16-17,19,31H,5-14H2,(H,32,35). The van der Waals surface area contributed by atoms with Gasteiger partial charge in [0.2, 0.25) is 0 Å². The van der Waals surface area contributed by atoms with E-state index >= 15 is 0 Å². The number of ether oxygens (including phenoxy) is 2. The Labute approximate surface area is 220 Å². The van der Waals surface area contributed by atoms with E-state index in [1.165, 1.54) is 0 Å². The quantitative estimate of drug-likeness (QED) is 0.538. The summed E-state index contributed by atoms with van der Waals surface area (Å²) < 4.78 is 11.6. The molecular formula is C27H29ClN6O3. The lowest BCUT2D eigenvalue weighted by Gasteiger charge is -2.38. The summed E-state index contributed by atoms with van der Waals surface area (Å²) in [5.74, 6) is -0.549. The van der Waals surface area contributed by atoms with Gasteiger partial charge in [0.05, 0.1) is 46.9 Å². The lowest BCUT2D eigenvalue weighted by Crippen LogP contribution is -2.45. The third-order valence-electron chi connectivity index (χ3n) is 7.74. The average Bonchev–Trinajstić information content (AvgIpc) is 3.58. The number of nitrogens with one attached hydrogen (secondary N) is 2. The summed E-state index contributed by atoms with van der Waals surface area (Å²) in [5.41, 5.74) is 3.89. The molecule has 0 bridgehead atoms. The number of piperidine rings is 2. The molecule has 1 aromatic carbocycles. The number of hydrogen-bond acceptors (Lipinski definition) is 7. The van der Waals surface area contributed by atoms with E-state index in [0.717, 1.165) is 74.1 Å². The molecule has 3 aliphatic heterocycles. The Morgan fingerprint density at radius 3 is 2.54 bits per heavy atom. The molecule has 3 aliphatic rings. The van der Waals surface area contributed by atoms with Crippen LogP contribution in [-0.2, 0) is 9.47 Å². The number of aromatic amines is 1. The second-order valence-electron chi connectivity index (χ2n) is 9.86. The fourth-order valence-electron chi connectivity index (χ4n) is 5.67. The molecule has 2 aromatic heterocycles. The Kier molecular flexibility index (Phi) is 6.41. The monoisotopic (exact) mass is 520 g/mol. The van der Waals surface area contributed by atoms with Crippen molar-refractivity contribution < 1.29 is 14.3 Å². The predicted octanol–water partition coefficient (Wildman–Crippen LogP) is 3.83. The van der Waals surface area contributed by atoms with Crippen LogP contribution in [0.2, 0.25) is 5.02 Å². The first-order valence-corrected chi connectivity index (χ1v) is 13.2. The number of benzene rings is 1. The summed E-state index contributed by atoms with van der Waals surface area (Å²) in [5, 5.41) is 13.9. The number of anilines is 2. The minimum absolute atomic E-state index is 0.0797. The number of hydrogen-bond donors (Lipinski definition) is 2. The van der Waals surface area contributed by atoms with Crippen LogP contribution in [0.25, 0.3) is 10.9 Å². The van der Waals surface area contributed by atoms with Crippen molar-refractivity contribution in [3.8, 4) is 6.07 Å². The Balaban J connectivity index is 1.04. The van der Waals surface area contributed by atoms with Gasteiger partial charge in [0.15, 0.2) is 5.79 Å². The Bertz CT molecular complexity index is 1330. The lowest BCUT2D eigenvalue weighted by molar-refractivity contribution is -0.169. The molecule has 37 heavy (non-hydrogen) atoms. The van der Waals surface area contributed by atoms with Crippen LogP contribution in [0.5, 0.6) is 0 Å². The second-order valence-corrected chi connectivity index (χ2v) is 10.3. The number of carbonyl (C=O) groups excluding carboxylic acids is 1. The minimum Gasteiger partial charge on any atom is -0.370 e. The molecule has 1 amide bonds. The fourth-order valence-corrected chi connectivity index (χ4v) is 5.93. The molecule has 5 heterocycles. The third kappa shape index (κ3) is 4.61. The number of pyridine rings is 1. The van der Waals surface area contributed by atoms with E-state index in [9.17, 15) is 10.1 Å². The van der Waals surface area contributed by atoms with Gasteiger partial charge in [-0.2, -0.15) is 5.26 Å². The van der Waals surface area contributed by atoms with E-state index in [1.54, 1.807) is 18.5 Å². The van der Waals surface area contributed by atoms with Gasteiger partial charge in [-0.05, 0) is 37.1 Å². The van der Waals surface area contributed by atoms with Gasteiger partial charge in [-0.15, -0.1) is 0 Å². The molecule has 3 aromatic rings. The van der Waals surface area contributed by atoms with Crippen molar-refractivity contribution in [2.45, 2.75) is 37.5 Å². The third-order valence-corrected chi connectivity index (χ3v) is 8.05. The molecule has 192 valence electrons. The maximum absolute atomic E-state index is 12.9. The van der Waals surface area contributed by atoms with Crippen molar-refractivity contribution in [1.29, 1.82) is 5.26 Å². The largest absolute Gasteiger partial charge is 0.370 e. The van der Waals surface area contributed by atoms with Crippen molar-refractivity contribution >= 4 is 39.8 Å². The summed E-state index contributed by atoms with van der Waals surface area (Å²) in [6.07, 6.45) is 6.78. The molecule has 0 unspecified atom stereocenters. The van der Waals surface area contributed by atoms with Gasteiger partial charge >= 0.3 is 0 Å². The first-order valence-electron chi connectivity index (χ1n) is 12.8. The van der Waals surface area contributed by atoms with Crippen molar-refractivity contribution in [3.05, 3.63) is 52.9 Å². The summed E-state index contributed by atoms with van der Waals surface area (Å²) in [7, 11) is 0. The van der Waals surface area contributed by atoms with Crippen LogP contribution in [0, 0.1) is 11.3 Å². The second kappa shape index (κ2) is 9.86. The van der Waals surface area contributed by atoms with Crippen LogP contribution in [-0.4, -0.2) is 67.1 Å². The molecule has 0 saturated carbocycles. The van der Waals surface area contributed by atoms with Gasteiger partial charge < -0.3 is 29.6 Å². The first-order chi connectivity index (χ1) is 18.0. The fraction of sp³-hybridized carbons (Fsp3) is 0.444. The zero-order valence-electron chi connectivity index (χ0n) is 20.5. The molecular weight excluding hydrogens is 492 g/mol. The molecule has 1 spiro atoms. The van der Waals surface area contributed by atoms with Crippen molar-refractivity contribution in [3.63, 3.8) is 0 Å². The summed E-state index contributed by atoms with van der Waals surface area (Å²) in [6.45, 7) is 4.60. The zero-order chi connectivity index (χ0) is 25.4. The topological polar surface area (TPSA) is 107 Å². The van der Waals surface area contributed by atoms with Crippen LogP contribution >= 0.6 is 11.6 Å². The highest BCUT2D eigenvalue weighted by molar-refractivity contribution is 6.36.